The SMILES string of the molecule is CC(C)[C@H](OC(=O)c1ccc(N(C)C)cc1)C(=O)NC(N)=O. The molecular formula is C15H21N3O4. The normalized spacial score (nSPS) is 11.7. The average Bonchev–Trinajstić information content (AvgIpc) is 2.43. The Morgan fingerprint density at radius 1 is 1.14 bits per heavy atom. The number of nitrogens with one attached hydrogen (secondary N) is 1. The number of urea groups is 1. The molecule has 7 nitrogen and oxygen atoms in total. The molecule has 0 aliphatic rings. The fraction of sp³-hybridized carbons (Fsp3) is 0.400. The Balaban J connectivity index is 2.82. The summed E-state index contributed by atoms with van der Waals surface area (Å²) in [7, 11) is 3.77. The van der Waals surface area contributed by atoms with E-state index in [2.05, 4.69) is 0 Å². The van der Waals surface area contributed by atoms with Gasteiger partial charge in [0, 0.05) is 19.8 Å². The van der Waals surface area contributed by atoms with Crippen molar-refractivity contribution in [3.8, 4) is 0 Å². The number of carbonyl (C=O) groups excluding carboxylic acids is 3. The van der Waals surface area contributed by atoms with Crippen molar-refractivity contribution in [1.82, 2.24) is 5.32 Å². The van der Waals surface area contributed by atoms with Gasteiger partial charge in [-0.05, 0) is 30.2 Å². The molecule has 0 heterocycles. The second kappa shape index (κ2) is 7.44. The van der Waals surface area contributed by atoms with Crippen molar-refractivity contribution >= 4 is 23.6 Å². The summed E-state index contributed by atoms with van der Waals surface area (Å²) < 4.78 is 5.19. The van der Waals surface area contributed by atoms with E-state index in [-0.39, 0.29) is 5.92 Å². The molecule has 0 unspecified atom stereocenters. The van der Waals surface area contributed by atoms with E-state index in [1.807, 2.05) is 24.3 Å². The number of nitrogens with two attached hydrogens (primary N) is 1. The van der Waals surface area contributed by atoms with Crippen LogP contribution in [0.25, 0.3) is 0 Å². The minimum absolute atomic E-state index is 0.302. The molecule has 3 N–H and O–H groups in total. The molecule has 0 saturated carbocycles. The van der Waals surface area contributed by atoms with E-state index in [0.717, 1.165) is 5.69 Å². The summed E-state index contributed by atoms with van der Waals surface area (Å²) in [5.74, 6) is -1.67. The second-order valence-corrected chi connectivity index (χ2v) is 5.36. The zero-order valence-electron chi connectivity index (χ0n) is 13.1. The lowest BCUT2D eigenvalue weighted by atomic mass is 10.1. The smallest absolute Gasteiger partial charge is 0.338 e. The first-order chi connectivity index (χ1) is 10.2. The Labute approximate surface area is 129 Å². The molecule has 22 heavy (non-hydrogen) atoms. The van der Waals surface area contributed by atoms with Gasteiger partial charge in [0.15, 0.2) is 6.10 Å². The molecule has 1 aromatic carbocycles. The highest BCUT2D eigenvalue weighted by molar-refractivity contribution is 5.98. The van der Waals surface area contributed by atoms with Crippen molar-refractivity contribution in [2.45, 2.75) is 20.0 Å². The molecule has 0 spiro atoms. The standard InChI is InChI=1S/C15H21N3O4/c1-9(2)12(13(19)17-15(16)21)22-14(20)10-5-7-11(8-6-10)18(3)4/h5-9,12H,1-4H3,(H3,16,17,19,21)/t12-/m0/s1. The number of esters is 1. The van der Waals surface area contributed by atoms with Gasteiger partial charge < -0.3 is 15.4 Å². The summed E-state index contributed by atoms with van der Waals surface area (Å²) >= 11 is 0. The predicted octanol–water partition coefficient (Wildman–Crippen LogP) is 1.13. The van der Waals surface area contributed by atoms with E-state index in [0.29, 0.717) is 5.56 Å². The molecule has 0 radical (unpaired) electrons. The summed E-state index contributed by atoms with van der Waals surface area (Å²) in [4.78, 5) is 36.5. The van der Waals surface area contributed by atoms with Crippen molar-refractivity contribution in [2.75, 3.05) is 19.0 Å². The van der Waals surface area contributed by atoms with E-state index in [9.17, 15) is 14.4 Å². The number of hydrogen-bond acceptors (Lipinski definition) is 5. The third-order valence-electron chi connectivity index (χ3n) is 2.96. The Kier molecular flexibility index (Phi) is 5.91. The van der Waals surface area contributed by atoms with Crippen LogP contribution in [0.3, 0.4) is 0 Å². The Morgan fingerprint density at radius 2 is 1.68 bits per heavy atom. The van der Waals surface area contributed by atoms with Crippen LogP contribution in [0.4, 0.5) is 10.5 Å². The number of nitrogens with zero attached hydrogens (tertiary/aromatic N) is 1. The Morgan fingerprint density at radius 3 is 2.09 bits per heavy atom. The molecule has 7 heteroatoms. The largest absolute Gasteiger partial charge is 0.448 e. The molecule has 0 bridgehead atoms. The highest BCUT2D eigenvalue weighted by atomic mass is 16.5. The number of rotatable bonds is 5. The van der Waals surface area contributed by atoms with E-state index in [1.165, 1.54) is 0 Å². The third kappa shape index (κ3) is 4.76. The first kappa shape index (κ1) is 17.5. The Hall–Kier alpha value is -2.57. The molecule has 0 saturated heterocycles. The van der Waals surface area contributed by atoms with Gasteiger partial charge >= 0.3 is 12.0 Å². The summed E-state index contributed by atoms with van der Waals surface area (Å²) in [5, 5.41) is 1.92. The van der Waals surface area contributed by atoms with Gasteiger partial charge in [0.25, 0.3) is 5.91 Å². The molecule has 3 amide bonds. The average molecular weight is 307 g/mol. The van der Waals surface area contributed by atoms with Crippen LogP contribution in [0.5, 0.6) is 0 Å². The van der Waals surface area contributed by atoms with Crippen molar-refractivity contribution in [3.05, 3.63) is 29.8 Å². The summed E-state index contributed by atoms with van der Waals surface area (Å²) in [6.45, 7) is 3.40. The molecular weight excluding hydrogens is 286 g/mol. The van der Waals surface area contributed by atoms with Gasteiger partial charge in [-0.3, -0.25) is 10.1 Å². The number of primary amides is 1. The van der Waals surface area contributed by atoms with Gasteiger partial charge in [0.2, 0.25) is 0 Å². The van der Waals surface area contributed by atoms with Crippen LogP contribution < -0.4 is 16.0 Å². The molecule has 1 atom stereocenters. The van der Waals surface area contributed by atoms with E-state index in [1.54, 1.807) is 38.1 Å². The minimum Gasteiger partial charge on any atom is -0.448 e. The maximum absolute atomic E-state index is 12.1. The van der Waals surface area contributed by atoms with E-state index >= 15 is 0 Å². The van der Waals surface area contributed by atoms with Gasteiger partial charge in [-0.1, -0.05) is 13.8 Å². The van der Waals surface area contributed by atoms with E-state index < -0.39 is 24.0 Å². The molecule has 0 aliphatic heterocycles. The second-order valence-electron chi connectivity index (χ2n) is 5.36. The van der Waals surface area contributed by atoms with Crippen LogP contribution in [0.1, 0.15) is 24.2 Å². The molecule has 1 rings (SSSR count). The molecule has 0 aliphatic carbocycles. The van der Waals surface area contributed by atoms with Crippen LogP contribution in [0.2, 0.25) is 0 Å². The number of hydrogen-bond donors (Lipinski definition) is 2. The lowest BCUT2D eigenvalue weighted by Crippen LogP contribution is -2.45. The van der Waals surface area contributed by atoms with Crippen molar-refractivity contribution in [2.24, 2.45) is 11.7 Å². The molecule has 1 aromatic rings. The first-order valence-electron chi connectivity index (χ1n) is 6.81. The number of benzene rings is 1. The highest BCUT2D eigenvalue weighted by Gasteiger charge is 2.27. The fourth-order valence-electron chi connectivity index (χ4n) is 1.76. The lowest BCUT2D eigenvalue weighted by molar-refractivity contribution is -0.130. The summed E-state index contributed by atoms with van der Waals surface area (Å²) in [6, 6.07) is 5.78. The maximum atomic E-state index is 12.1. The topological polar surface area (TPSA) is 102 Å². The van der Waals surface area contributed by atoms with Crippen LogP contribution in [-0.2, 0) is 9.53 Å². The van der Waals surface area contributed by atoms with Crippen LogP contribution in [-0.4, -0.2) is 38.1 Å². The number of carbonyl (C=O) groups is 3. The fourth-order valence-corrected chi connectivity index (χ4v) is 1.76. The van der Waals surface area contributed by atoms with Gasteiger partial charge in [-0.15, -0.1) is 0 Å². The Bertz CT molecular complexity index is 552. The van der Waals surface area contributed by atoms with Crippen molar-refractivity contribution in [3.63, 3.8) is 0 Å². The van der Waals surface area contributed by atoms with Gasteiger partial charge in [-0.25, -0.2) is 9.59 Å². The number of imide groups is 1. The zero-order valence-corrected chi connectivity index (χ0v) is 13.1. The third-order valence-corrected chi connectivity index (χ3v) is 2.96. The summed E-state index contributed by atoms with van der Waals surface area (Å²) in [5.41, 5.74) is 6.16. The monoisotopic (exact) mass is 307 g/mol. The quantitative estimate of drug-likeness (QED) is 0.794. The van der Waals surface area contributed by atoms with Crippen LogP contribution in [0.15, 0.2) is 24.3 Å². The van der Waals surface area contributed by atoms with Crippen LogP contribution in [0, 0.1) is 5.92 Å². The summed E-state index contributed by atoms with van der Waals surface area (Å²) in [6.07, 6.45) is -1.09. The van der Waals surface area contributed by atoms with Crippen LogP contribution >= 0.6 is 0 Å². The van der Waals surface area contributed by atoms with Gasteiger partial charge in [0.1, 0.15) is 0 Å². The van der Waals surface area contributed by atoms with Gasteiger partial charge in [0.05, 0.1) is 5.56 Å². The molecule has 0 fully saturated rings. The van der Waals surface area contributed by atoms with Crippen molar-refractivity contribution < 1.29 is 19.1 Å². The van der Waals surface area contributed by atoms with Crippen molar-refractivity contribution in [1.29, 1.82) is 0 Å². The first-order valence-corrected chi connectivity index (χ1v) is 6.81. The maximum Gasteiger partial charge on any atom is 0.338 e. The minimum atomic E-state index is -1.09. The predicted molar refractivity (Wildman–Crippen MR) is 82.5 cm³/mol. The highest BCUT2D eigenvalue weighted by Crippen LogP contribution is 2.15. The number of anilines is 1. The molecule has 120 valence electrons. The lowest BCUT2D eigenvalue weighted by Gasteiger charge is -2.20. The van der Waals surface area contributed by atoms with Gasteiger partial charge in [-0.2, -0.15) is 0 Å². The zero-order chi connectivity index (χ0) is 16.9. The van der Waals surface area contributed by atoms with E-state index in [4.69, 9.17) is 10.5 Å². The number of amides is 3. The number of ether oxygens (including phenoxy) is 1. The molecule has 0 aromatic heterocycles.